The monoisotopic (exact) mass is 350 g/mol. The summed E-state index contributed by atoms with van der Waals surface area (Å²) in [5.74, 6) is 1.48. The van der Waals surface area contributed by atoms with Gasteiger partial charge in [0.2, 0.25) is 17.6 Å². The minimum atomic E-state index is -0.148. The molecule has 7 heteroatoms. The molecule has 0 saturated carbocycles. The molecule has 3 aromatic rings. The molecule has 0 aliphatic carbocycles. The Kier molecular flexibility index (Phi) is 4.12. The van der Waals surface area contributed by atoms with Gasteiger partial charge in [0.1, 0.15) is 5.75 Å². The number of pyridine rings is 1. The van der Waals surface area contributed by atoms with Crippen LogP contribution in [0.3, 0.4) is 0 Å². The minimum absolute atomic E-state index is 0.0139. The Labute approximate surface area is 150 Å². The van der Waals surface area contributed by atoms with Crippen LogP contribution in [0.15, 0.2) is 47.2 Å². The maximum atomic E-state index is 12.6. The molecule has 7 nitrogen and oxygen atoms in total. The van der Waals surface area contributed by atoms with Crippen molar-refractivity contribution in [3.8, 4) is 17.1 Å². The third-order valence-electron chi connectivity index (χ3n) is 4.46. The highest BCUT2D eigenvalue weighted by Gasteiger charge is 2.36. The number of hydrogen-bond acceptors (Lipinski definition) is 6. The zero-order chi connectivity index (χ0) is 18.1. The Morgan fingerprint density at radius 1 is 1.31 bits per heavy atom. The van der Waals surface area contributed by atoms with Crippen molar-refractivity contribution in [2.45, 2.75) is 19.3 Å². The van der Waals surface area contributed by atoms with Crippen LogP contribution in [0.4, 0.5) is 5.69 Å². The second-order valence-corrected chi connectivity index (χ2v) is 6.28. The maximum absolute atomic E-state index is 12.6. The number of anilines is 1. The maximum Gasteiger partial charge on any atom is 0.232 e. The Morgan fingerprint density at radius 3 is 2.96 bits per heavy atom. The van der Waals surface area contributed by atoms with E-state index in [0.29, 0.717) is 30.4 Å². The normalized spacial score (nSPS) is 16.9. The van der Waals surface area contributed by atoms with E-state index < -0.39 is 0 Å². The summed E-state index contributed by atoms with van der Waals surface area (Å²) in [6, 6.07) is 9.46. The first-order chi connectivity index (χ1) is 12.7. The van der Waals surface area contributed by atoms with Crippen LogP contribution in [0.25, 0.3) is 11.4 Å². The predicted octanol–water partition coefficient (Wildman–Crippen LogP) is 2.97. The predicted molar refractivity (Wildman–Crippen MR) is 95.0 cm³/mol. The summed E-state index contributed by atoms with van der Waals surface area (Å²) in [6.45, 7) is 2.46. The van der Waals surface area contributed by atoms with Crippen molar-refractivity contribution in [3.05, 3.63) is 54.2 Å². The van der Waals surface area contributed by atoms with Crippen molar-refractivity contribution >= 4 is 11.6 Å². The minimum Gasteiger partial charge on any atom is -0.495 e. The van der Waals surface area contributed by atoms with Crippen LogP contribution in [0.5, 0.6) is 5.75 Å². The van der Waals surface area contributed by atoms with Gasteiger partial charge in [-0.05, 0) is 36.8 Å². The average Bonchev–Trinajstić information content (AvgIpc) is 3.29. The van der Waals surface area contributed by atoms with Gasteiger partial charge in [0.05, 0.1) is 18.7 Å². The molecule has 1 fully saturated rings. The fourth-order valence-corrected chi connectivity index (χ4v) is 3.13. The number of carbonyl (C=O) groups excluding carboxylic acids is 1. The van der Waals surface area contributed by atoms with Gasteiger partial charge in [-0.25, -0.2) is 0 Å². The summed E-state index contributed by atoms with van der Waals surface area (Å²) in [4.78, 5) is 22.8. The van der Waals surface area contributed by atoms with Crippen LogP contribution in [0.2, 0.25) is 0 Å². The summed E-state index contributed by atoms with van der Waals surface area (Å²) < 4.78 is 10.8. The van der Waals surface area contributed by atoms with Gasteiger partial charge in [0, 0.05) is 30.9 Å². The molecule has 0 bridgehead atoms. The van der Waals surface area contributed by atoms with Crippen molar-refractivity contribution in [1.29, 1.82) is 0 Å². The molecule has 0 radical (unpaired) electrons. The van der Waals surface area contributed by atoms with Gasteiger partial charge >= 0.3 is 0 Å². The number of carbonyl (C=O) groups is 1. The molecule has 1 unspecified atom stereocenters. The molecule has 1 atom stereocenters. The highest BCUT2D eigenvalue weighted by Crippen LogP contribution is 2.37. The van der Waals surface area contributed by atoms with E-state index in [0.717, 1.165) is 16.8 Å². The molecule has 4 rings (SSSR count). The smallest absolute Gasteiger partial charge is 0.232 e. The summed E-state index contributed by atoms with van der Waals surface area (Å²) in [6.07, 6.45) is 3.69. The molecule has 0 spiro atoms. The van der Waals surface area contributed by atoms with E-state index in [1.54, 1.807) is 24.4 Å². The topological polar surface area (TPSA) is 81.3 Å². The molecule has 132 valence electrons. The zero-order valence-electron chi connectivity index (χ0n) is 14.5. The second kappa shape index (κ2) is 6.59. The third-order valence-corrected chi connectivity index (χ3v) is 4.46. The number of hydrogen-bond donors (Lipinski definition) is 0. The van der Waals surface area contributed by atoms with Crippen molar-refractivity contribution in [2.24, 2.45) is 0 Å². The molecule has 1 amide bonds. The lowest BCUT2D eigenvalue weighted by atomic mass is 10.1. The lowest BCUT2D eigenvalue weighted by Crippen LogP contribution is -2.25. The van der Waals surface area contributed by atoms with E-state index in [9.17, 15) is 4.79 Å². The van der Waals surface area contributed by atoms with E-state index in [-0.39, 0.29) is 11.8 Å². The fraction of sp³-hybridized carbons (Fsp3) is 0.263. The molecule has 26 heavy (non-hydrogen) atoms. The molecular formula is C19H18N4O3. The number of ether oxygens (including phenoxy) is 1. The van der Waals surface area contributed by atoms with Gasteiger partial charge < -0.3 is 14.2 Å². The lowest BCUT2D eigenvalue weighted by molar-refractivity contribution is -0.117. The Bertz CT molecular complexity index is 939. The number of aromatic nitrogens is 3. The summed E-state index contributed by atoms with van der Waals surface area (Å²) >= 11 is 0. The van der Waals surface area contributed by atoms with Gasteiger partial charge in [0.25, 0.3) is 0 Å². The van der Waals surface area contributed by atoms with Crippen molar-refractivity contribution in [2.75, 3.05) is 18.6 Å². The first-order valence-corrected chi connectivity index (χ1v) is 8.34. The van der Waals surface area contributed by atoms with Crippen molar-refractivity contribution < 1.29 is 14.1 Å². The number of methoxy groups -OCH3 is 1. The van der Waals surface area contributed by atoms with Crippen LogP contribution in [0.1, 0.15) is 23.8 Å². The standard InChI is InChI=1S/C19H18N4O3/c1-12-5-6-16(25-2)15(8-12)23-11-14(9-17(23)24)19-21-18(22-26-19)13-4-3-7-20-10-13/h3-8,10,14H,9,11H2,1-2H3. The molecule has 3 heterocycles. The first-order valence-electron chi connectivity index (χ1n) is 8.34. The largest absolute Gasteiger partial charge is 0.495 e. The van der Waals surface area contributed by atoms with E-state index in [1.807, 2.05) is 37.3 Å². The van der Waals surface area contributed by atoms with Gasteiger partial charge in [-0.3, -0.25) is 9.78 Å². The Hall–Kier alpha value is -3.22. The molecule has 1 saturated heterocycles. The van der Waals surface area contributed by atoms with E-state index >= 15 is 0 Å². The third kappa shape index (κ3) is 2.92. The first kappa shape index (κ1) is 16.3. The van der Waals surface area contributed by atoms with Gasteiger partial charge in [-0.2, -0.15) is 4.98 Å². The average molecular weight is 350 g/mol. The van der Waals surface area contributed by atoms with E-state index in [4.69, 9.17) is 9.26 Å². The summed E-state index contributed by atoms with van der Waals surface area (Å²) in [7, 11) is 1.60. The summed E-state index contributed by atoms with van der Waals surface area (Å²) in [5, 5.41) is 4.02. The molecule has 1 aromatic carbocycles. The number of aryl methyl sites for hydroxylation is 1. The number of benzene rings is 1. The van der Waals surface area contributed by atoms with E-state index in [2.05, 4.69) is 15.1 Å². The van der Waals surface area contributed by atoms with Crippen LogP contribution in [0, 0.1) is 6.92 Å². The number of nitrogens with zero attached hydrogens (tertiary/aromatic N) is 4. The Morgan fingerprint density at radius 2 is 2.19 bits per heavy atom. The molecule has 1 aliphatic rings. The van der Waals surface area contributed by atoms with Crippen LogP contribution in [-0.2, 0) is 4.79 Å². The number of amides is 1. The highest BCUT2D eigenvalue weighted by molar-refractivity contribution is 5.97. The number of rotatable bonds is 4. The quantitative estimate of drug-likeness (QED) is 0.719. The molecule has 2 aromatic heterocycles. The van der Waals surface area contributed by atoms with Gasteiger partial charge in [-0.1, -0.05) is 11.2 Å². The van der Waals surface area contributed by atoms with Gasteiger partial charge in [-0.15, -0.1) is 0 Å². The fourth-order valence-electron chi connectivity index (χ4n) is 3.13. The lowest BCUT2D eigenvalue weighted by Gasteiger charge is -2.19. The second-order valence-electron chi connectivity index (χ2n) is 6.28. The SMILES string of the molecule is COc1ccc(C)cc1N1CC(c2nc(-c3cccnc3)no2)CC1=O. The Balaban J connectivity index is 1.59. The van der Waals surface area contributed by atoms with Crippen molar-refractivity contribution in [3.63, 3.8) is 0 Å². The van der Waals surface area contributed by atoms with Crippen molar-refractivity contribution in [1.82, 2.24) is 15.1 Å². The molecule has 0 N–H and O–H groups in total. The van der Waals surface area contributed by atoms with Crippen LogP contribution in [-0.4, -0.2) is 34.7 Å². The zero-order valence-corrected chi connectivity index (χ0v) is 14.5. The van der Waals surface area contributed by atoms with E-state index in [1.165, 1.54) is 0 Å². The molecule has 1 aliphatic heterocycles. The molecular weight excluding hydrogens is 332 g/mol. The highest BCUT2D eigenvalue weighted by atomic mass is 16.5. The van der Waals surface area contributed by atoms with Crippen LogP contribution >= 0.6 is 0 Å². The summed E-state index contributed by atoms with van der Waals surface area (Å²) in [5.41, 5.74) is 2.62. The van der Waals surface area contributed by atoms with Crippen LogP contribution < -0.4 is 9.64 Å². The van der Waals surface area contributed by atoms with Gasteiger partial charge in [0.15, 0.2) is 0 Å².